The number of hydrogen-bond donors (Lipinski definition) is 0. The van der Waals surface area contributed by atoms with E-state index < -0.39 is 0 Å². The maximum atomic E-state index is 5.69. The molecule has 58 valence electrons. The third-order valence-electron chi connectivity index (χ3n) is 2.07. The number of aryl methyl sites for hydroxylation is 1. The minimum atomic E-state index is -0.235. The van der Waals surface area contributed by atoms with Crippen molar-refractivity contribution in [3.63, 3.8) is 0 Å². The van der Waals surface area contributed by atoms with Crippen molar-refractivity contribution in [1.82, 2.24) is 0 Å². The first kappa shape index (κ1) is 6.92. The van der Waals surface area contributed by atoms with E-state index in [-0.39, 0.29) is 9.76 Å². The predicted octanol–water partition coefficient (Wildman–Crippen LogP) is 1.51. The van der Waals surface area contributed by atoms with Gasteiger partial charge >= 0.3 is 0 Å². The van der Waals surface area contributed by atoms with Gasteiger partial charge in [-0.3, -0.25) is 0 Å². The van der Waals surface area contributed by atoms with Crippen LogP contribution in [0, 0.1) is 0 Å². The molecule has 0 fully saturated rings. The van der Waals surface area contributed by atoms with E-state index in [1.807, 2.05) is 0 Å². The Morgan fingerprint density at radius 3 is 3.18 bits per heavy atom. The number of hydrogen-bond acceptors (Lipinski definition) is 1. The van der Waals surface area contributed by atoms with Gasteiger partial charge in [-0.15, -0.1) is 0 Å². The monoisotopic (exact) mass is 164 g/mol. The normalized spacial score (nSPS) is 18.5. The number of benzene rings is 1. The summed E-state index contributed by atoms with van der Waals surface area (Å²) in [4.78, 5) is 0. The predicted molar refractivity (Wildman–Crippen MR) is 48.7 cm³/mol. The molecule has 1 aromatic carbocycles. The van der Waals surface area contributed by atoms with E-state index in [2.05, 4.69) is 24.3 Å². The highest BCUT2D eigenvalue weighted by molar-refractivity contribution is 6.28. The minimum Gasteiger partial charge on any atom is -0.549 e. The summed E-state index contributed by atoms with van der Waals surface area (Å²) >= 11 is 0. The average molecular weight is 164 g/mol. The van der Waals surface area contributed by atoms with Crippen LogP contribution in [-0.4, -0.2) is 9.76 Å². The number of rotatable bonds is 0. The maximum Gasteiger partial charge on any atom is 0.219 e. The lowest BCUT2D eigenvalue weighted by molar-refractivity contribution is 0.594. The molecular weight excluding hydrogens is 152 g/mol. The molecule has 0 radical (unpaired) electrons. The van der Waals surface area contributed by atoms with Crippen LogP contribution in [-0.2, 0) is 6.42 Å². The topological polar surface area (TPSA) is 9.23 Å². The van der Waals surface area contributed by atoms with E-state index in [0.717, 1.165) is 5.75 Å². The fraction of sp³-hybridized carbons (Fsp3) is 0.333. The van der Waals surface area contributed by atoms with Gasteiger partial charge in [0.15, 0.2) is 0 Å². The molecule has 2 heteroatoms. The Bertz CT molecular complexity index is 222. The molecule has 0 unspecified atom stereocenters. The molecule has 0 aromatic heterocycles. The molecule has 1 aliphatic rings. The Kier molecular flexibility index (Phi) is 1.94. The van der Waals surface area contributed by atoms with E-state index >= 15 is 0 Å². The lowest BCUT2D eigenvalue weighted by atomic mass is 10.1. The standard InChI is InChI=1S/C9H12OSi/c1-2-6-9-8(4-1)5-3-7-11-10-9/h1-2,4,6H,3,5,7,11H2. The summed E-state index contributed by atoms with van der Waals surface area (Å²) in [6.07, 6.45) is 2.53. The third-order valence-corrected chi connectivity index (χ3v) is 3.37. The van der Waals surface area contributed by atoms with Gasteiger partial charge in [0.1, 0.15) is 5.75 Å². The van der Waals surface area contributed by atoms with Crippen molar-refractivity contribution in [2.24, 2.45) is 0 Å². The molecule has 2 rings (SSSR count). The van der Waals surface area contributed by atoms with Crippen molar-refractivity contribution in [3.05, 3.63) is 29.8 Å². The van der Waals surface area contributed by atoms with E-state index in [1.54, 1.807) is 0 Å². The summed E-state index contributed by atoms with van der Waals surface area (Å²) in [6, 6.07) is 9.74. The van der Waals surface area contributed by atoms with Gasteiger partial charge in [-0.25, -0.2) is 0 Å². The SMILES string of the molecule is c1ccc2c(c1)CCC[SiH2]O2. The van der Waals surface area contributed by atoms with Gasteiger partial charge in [-0.1, -0.05) is 18.2 Å². The second-order valence-electron chi connectivity index (χ2n) is 2.91. The molecular formula is C9H12OSi. The molecule has 1 heterocycles. The Morgan fingerprint density at radius 1 is 1.27 bits per heavy atom. The average Bonchev–Trinajstić information content (AvgIpc) is 2.28. The van der Waals surface area contributed by atoms with Crippen LogP contribution in [0.1, 0.15) is 12.0 Å². The van der Waals surface area contributed by atoms with Crippen LogP contribution in [0.25, 0.3) is 0 Å². The Labute approximate surface area is 69.3 Å². The lowest BCUT2D eigenvalue weighted by Gasteiger charge is -2.05. The largest absolute Gasteiger partial charge is 0.549 e. The quantitative estimate of drug-likeness (QED) is 0.528. The zero-order valence-electron chi connectivity index (χ0n) is 6.55. The second kappa shape index (κ2) is 3.09. The molecule has 11 heavy (non-hydrogen) atoms. The van der Waals surface area contributed by atoms with Crippen LogP contribution in [0.2, 0.25) is 6.04 Å². The fourth-order valence-corrected chi connectivity index (χ4v) is 2.55. The summed E-state index contributed by atoms with van der Waals surface area (Å²) in [5.74, 6) is 1.15. The Hall–Kier alpha value is -0.763. The molecule has 1 aromatic rings. The van der Waals surface area contributed by atoms with Crippen molar-refractivity contribution < 1.29 is 4.43 Å². The maximum absolute atomic E-state index is 5.69. The van der Waals surface area contributed by atoms with Crippen LogP contribution < -0.4 is 4.43 Å². The van der Waals surface area contributed by atoms with Crippen LogP contribution in [0.3, 0.4) is 0 Å². The first-order valence-electron chi connectivity index (χ1n) is 4.17. The molecule has 0 atom stereocenters. The lowest BCUT2D eigenvalue weighted by Crippen LogP contribution is -1.98. The van der Waals surface area contributed by atoms with E-state index in [9.17, 15) is 0 Å². The zero-order chi connectivity index (χ0) is 7.52. The van der Waals surface area contributed by atoms with Crippen molar-refractivity contribution >= 4 is 9.76 Å². The fourth-order valence-electron chi connectivity index (χ4n) is 1.45. The summed E-state index contributed by atoms with van der Waals surface area (Å²) in [5, 5.41) is 0. The smallest absolute Gasteiger partial charge is 0.219 e. The van der Waals surface area contributed by atoms with Gasteiger partial charge in [0, 0.05) is 0 Å². The zero-order valence-corrected chi connectivity index (χ0v) is 7.96. The van der Waals surface area contributed by atoms with Crippen molar-refractivity contribution in [1.29, 1.82) is 0 Å². The molecule has 1 aliphatic heterocycles. The summed E-state index contributed by atoms with van der Waals surface area (Å²) < 4.78 is 5.69. The van der Waals surface area contributed by atoms with Crippen LogP contribution in [0.4, 0.5) is 0 Å². The highest BCUT2D eigenvalue weighted by Gasteiger charge is 2.06. The van der Waals surface area contributed by atoms with E-state index in [4.69, 9.17) is 4.43 Å². The third kappa shape index (κ3) is 1.45. The van der Waals surface area contributed by atoms with Crippen LogP contribution >= 0.6 is 0 Å². The number of fused-ring (bicyclic) bond motifs is 1. The highest BCUT2D eigenvalue weighted by atomic mass is 28.2. The highest BCUT2D eigenvalue weighted by Crippen LogP contribution is 2.22. The van der Waals surface area contributed by atoms with E-state index in [0.29, 0.717) is 0 Å². The molecule has 0 spiro atoms. The van der Waals surface area contributed by atoms with Gasteiger partial charge in [-0.05, 0) is 30.5 Å². The summed E-state index contributed by atoms with van der Waals surface area (Å²) in [7, 11) is -0.235. The van der Waals surface area contributed by atoms with Gasteiger partial charge in [0.2, 0.25) is 9.76 Å². The summed E-state index contributed by atoms with van der Waals surface area (Å²) in [5.41, 5.74) is 1.40. The molecule has 0 saturated heterocycles. The molecule has 1 nitrogen and oxygen atoms in total. The summed E-state index contributed by atoms with van der Waals surface area (Å²) in [6.45, 7) is 0. The molecule has 0 N–H and O–H groups in total. The van der Waals surface area contributed by atoms with E-state index in [1.165, 1.54) is 24.4 Å². The van der Waals surface area contributed by atoms with Gasteiger partial charge in [-0.2, -0.15) is 0 Å². The molecule has 0 bridgehead atoms. The van der Waals surface area contributed by atoms with Crippen molar-refractivity contribution in [3.8, 4) is 5.75 Å². The second-order valence-corrected chi connectivity index (χ2v) is 4.32. The van der Waals surface area contributed by atoms with Gasteiger partial charge in [0.05, 0.1) is 0 Å². The number of para-hydroxylation sites is 1. The molecule has 0 saturated carbocycles. The van der Waals surface area contributed by atoms with Crippen LogP contribution in [0.15, 0.2) is 24.3 Å². The van der Waals surface area contributed by atoms with Crippen molar-refractivity contribution in [2.75, 3.05) is 0 Å². The van der Waals surface area contributed by atoms with Gasteiger partial charge in [0.25, 0.3) is 0 Å². The van der Waals surface area contributed by atoms with Gasteiger partial charge < -0.3 is 4.43 Å². The first-order valence-corrected chi connectivity index (χ1v) is 5.75. The minimum absolute atomic E-state index is 0.235. The van der Waals surface area contributed by atoms with Crippen molar-refractivity contribution in [2.45, 2.75) is 18.9 Å². The Morgan fingerprint density at radius 2 is 2.18 bits per heavy atom. The molecule has 0 amide bonds. The Balaban J connectivity index is 2.33. The molecule has 0 aliphatic carbocycles. The van der Waals surface area contributed by atoms with Crippen LogP contribution in [0.5, 0.6) is 5.75 Å². The first-order chi connectivity index (χ1) is 5.47.